The van der Waals surface area contributed by atoms with E-state index in [1.54, 1.807) is 0 Å². The second-order valence-electron chi connectivity index (χ2n) is 18.4. The molecule has 0 aliphatic heterocycles. The molecule has 0 spiro atoms. The summed E-state index contributed by atoms with van der Waals surface area (Å²) in [5, 5.41) is 9.79. The molecule has 0 radical (unpaired) electrons. The fourth-order valence-corrected chi connectivity index (χ4v) is 8.33. The standard InChI is InChI=1S/C56H101O11P/c1-4-7-10-13-16-19-22-25-26-29-32-35-38-41-44-47-56(60)67-53(49-63-54(58)45-42-39-36-33-30-27-23-20-17-14-11-8-5-2)51-65-68(61,62)64-50-52(48-57)66-55(59)46-43-40-37-34-31-28-24-21-18-15-12-9-6-3/h7,10,16,19-20,23,25-26,52-53,57H,4-6,8-9,11-15,17-18,21-22,24,27-51H2,1-3H3,(H,61,62)/b10-7-,19-16-,23-20-,26-25-. The molecule has 0 aliphatic rings. The third-order valence-electron chi connectivity index (χ3n) is 11.7. The molecule has 0 saturated carbocycles. The van der Waals surface area contributed by atoms with E-state index in [1.807, 2.05) is 0 Å². The van der Waals surface area contributed by atoms with E-state index in [2.05, 4.69) is 69.4 Å². The highest BCUT2D eigenvalue weighted by Crippen LogP contribution is 2.43. The Bertz CT molecular complexity index is 1330. The van der Waals surface area contributed by atoms with Crippen LogP contribution in [-0.2, 0) is 42.2 Å². The first-order valence-electron chi connectivity index (χ1n) is 27.5. The van der Waals surface area contributed by atoms with Gasteiger partial charge in [-0.15, -0.1) is 0 Å². The molecule has 0 rings (SSSR count). The highest BCUT2D eigenvalue weighted by atomic mass is 31.2. The van der Waals surface area contributed by atoms with Crippen molar-refractivity contribution in [3.63, 3.8) is 0 Å². The van der Waals surface area contributed by atoms with Gasteiger partial charge in [0.25, 0.3) is 0 Å². The topological polar surface area (TPSA) is 155 Å². The predicted octanol–water partition coefficient (Wildman–Crippen LogP) is 15.8. The fourth-order valence-electron chi connectivity index (χ4n) is 7.54. The van der Waals surface area contributed by atoms with Gasteiger partial charge < -0.3 is 24.2 Å². The fraction of sp³-hybridized carbons (Fsp3) is 0.804. The molecule has 396 valence electrons. The van der Waals surface area contributed by atoms with Crippen LogP contribution in [0.15, 0.2) is 48.6 Å². The van der Waals surface area contributed by atoms with Gasteiger partial charge in [-0.1, -0.05) is 204 Å². The number of allylic oxidation sites excluding steroid dienone is 8. The molecule has 0 aliphatic carbocycles. The summed E-state index contributed by atoms with van der Waals surface area (Å²) in [5.74, 6) is -1.48. The number of phosphoric ester groups is 1. The number of ether oxygens (including phenoxy) is 3. The maximum atomic E-state index is 12.9. The second kappa shape index (κ2) is 50.8. The van der Waals surface area contributed by atoms with E-state index < -0.39 is 57.8 Å². The van der Waals surface area contributed by atoms with Crippen LogP contribution < -0.4 is 0 Å². The minimum absolute atomic E-state index is 0.148. The molecule has 0 bridgehead atoms. The summed E-state index contributed by atoms with van der Waals surface area (Å²) in [5.41, 5.74) is 0. The Morgan fingerprint density at radius 3 is 1.21 bits per heavy atom. The average Bonchev–Trinajstić information content (AvgIpc) is 3.32. The van der Waals surface area contributed by atoms with Crippen LogP contribution in [0.1, 0.15) is 252 Å². The van der Waals surface area contributed by atoms with Crippen LogP contribution in [0.25, 0.3) is 0 Å². The van der Waals surface area contributed by atoms with E-state index in [1.165, 1.54) is 83.5 Å². The predicted molar refractivity (Wildman–Crippen MR) is 279 cm³/mol. The monoisotopic (exact) mass is 981 g/mol. The number of esters is 3. The van der Waals surface area contributed by atoms with Crippen molar-refractivity contribution in [1.82, 2.24) is 0 Å². The van der Waals surface area contributed by atoms with Gasteiger partial charge in [0, 0.05) is 19.3 Å². The van der Waals surface area contributed by atoms with Crippen LogP contribution in [0.5, 0.6) is 0 Å². The van der Waals surface area contributed by atoms with Crippen molar-refractivity contribution < 1.29 is 52.2 Å². The third kappa shape index (κ3) is 48.5. The zero-order valence-corrected chi connectivity index (χ0v) is 44.5. The normalized spacial score (nSPS) is 13.8. The van der Waals surface area contributed by atoms with Crippen molar-refractivity contribution in [2.75, 3.05) is 26.4 Å². The first-order valence-corrected chi connectivity index (χ1v) is 29.0. The number of aliphatic hydroxyl groups excluding tert-OH is 1. The minimum Gasteiger partial charge on any atom is -0.462 e. The van der Waals surface area contributed by atoms with Crippen molar-refractivity contribution in [3.05, 3.63) is 48.6 Å². The lowest BCUT2D eigenvalue weighted by molar-refractivity contribution is -0.161. The molecule has 3 unspecified atom stereocenters. The lowest BCUT2D eigenvalue weighted by Crippen LogP contribution is -2.30. The molecule has 0 fully saturated rings. The van der Waals surface area contributed by atoms with Crippen molar-refractivity contribution in [3.8, 4) is 0 Å². The molecule has 11 nitrogen and oxygen atoms in total. The lowest BCUT2D eigenvalue weighted by Gasteiger charge is -2.21. The largest absolute Gasteiger partial charge is 0.472 e. The summed E-state index contributed by atoms with van der Waals surface area (Å²) in [6.45, 7) is 4.50. The minimum atomic E-state index is -4.75. The van der Waals surface area contributed by atoms with E-state index in [4.69, 9.17) is 23.3 Å². The van der Waals surface area contributed by atoms with Crippen LogP contribution >= 0.6 is 7.82 Å². The number of hydrogen-bond acceptors (Lipinski definition) is 10. The van der Waals surface area contributed by atoms with E-state index in [9.17, 15) is 28.9 Å². The van der Waals surface area contributed by atoms with Gasteiger partial charge in [-0.2, -0.15) is 0 Å². The van der Waals surface area contributed by atoms with Crippen molar-refractivity contribution >= 4 is 25.7 Å². The number of carbonyl (C=O) groups is 3. The molecular formula is C56H101O11P. The van der Waals surface area contributed by atoms with E-state index >= 15 is 0 Å². The summed E-state index contributed by atoms with van der Waals surface area (Å²) in [4.78, 5) is 48.4. The van der Waals surface area contributed by atoms with Crippen molar-refractivity contribution in [1.29, 1.82) is 0 Å². The molecule has 2 N–H and O–H groups in total. The van der Waals surface area contributed by atoms with Gasteiger partial charge in [-0.3, -0.25) is 23.4 Å². The SMILES string of the molecule is CC/C=C\C/C=C\C/C=C\CCCCCCCC(=O)OC(COC(=O)CCCCCCC/C=C\CCCCCC)COP(=O)(O)OCC(CO)OC(=O)CCCCCCCCCCCCCCC. The summed E-state index contributed by atoms with van der Waals surface area (Å²) >= 11 is 0. The van der Waals surface area contributed by atoms with Gasteiger partial charge in [-0.25, -0.2) is 4.57 Å². The Balaban J connectivity index is 4.75. The molecule has 0 saturated heterocycles. The first kappa shape index (κ1) is 65.4. The molecule has 12 heteroatoms. The third-order valence-corrected chi connectivity index (χ3v) is 12.7. The molecule has 0 amide bonds. The molecule has 0 aromatic carbocycles. The van der Waals surface area contributed by atoms with Gasteiger partial charge in [0.05, 0.1) is 19.8 Å². The van der Waals surface area contributed by atoms with Crippen LogP contribution in [0, 0.1) is 0 Å². The number of unbranched alkanes of at least 4 members (excludes halogenated alkanes) is 26. The van der Waals surface area contributed by atoms with Crippen LogP contribution in [0.2, 0.25) is 0 Å². The second-order valence-corrected chi connectivity index (χ2v) is 19.8. The number of phosphoric acid groups is 1. The highest BCUT2D eigenvalue weighted by molar-refractivity contribution is 7.47. The van der Waals surface area contributed by atoms with Gasteiger partial charge in [0.1, 0.15) is 12.7 Å². The Labute approximate surface area is 415 Å². The van der Waals surface area contributed by atoms with Crippen molar-refractivity contribution in [2.45, 2.75) is 264 Å². The van der Waals surface area contributed by atoms with Gasteiger partial charge >= 0.3 is 25.7 Å². The van der Waals surface area contributed by atoms with Crippen molar-refractivity contribution in [2.24, 2.45) is 0 Å². The van der Waals surface area contributed by atoms with Gasteiger partial charge in [0.15, 0.2) is 6.10 Å². The zero-order valence-electron chi connectivity index (χ0n) is 43.6. The number of aliphatic hydroxyl groups is 1. The van der Waals surface area contributed by atoms with Crippen LogP contribution in [0.3, 0.4) is 0 Å². The number of hydrogen-bond donors (Lipinski definition) is 2. The van der Waals surface area contributed by atoms with E-state index in [0.29, 0.717) is 19.3 Å². The average molecular weight is 981 g/mol. The quantitative estimate of drug-likeness (QED) is 0.0197. The maximum Gasteiger partial charge on any atom is 0.472 e. The highest BCUT2D eigenvalue weighted by Gasteiger charge is 2.28. The lowest BCUT2D eigenvalue weighted by atomic mass is 10.0. The summed E-state index contributed by atoms with van der Waals surface area (Å²) in [6.07, 6.45) is 52.1. The van der Waals surface area contributed by atoms with E-state index in [-0.39, 0.29) is 25.9 Å². The molecular weight excluding hydrogens is 880 g/mol. The summed E-state index contributed by atoms with van der Waals surface area (Å²) < 4.78 is 39.4. The number of rotatable bonds is 51. The first-order chi connectivity index (χ1) is 33.2. The van der Waals surface area contributed by atoms with Crippen LogP contribution in [0.4, 0.5) is 0 Å². The van der Waals surface area contributed by atoms with Gasteiger partial charge in [0.2, 0.25) is 0 Å². The Morgan fingerprint density at radius 2 is 0.765 bits per heavy atom. The molecule has 3 atom stereocenters. The van der Waals surface area contributed by atoms with Crippen LogP contribution in [-0.4, -0.2) is 66.5 Å². The maximum absolute atomic E-state index is 12.9. The Hall–Kier alpha value is -2.56. The number of carbonyl (C=O) groups excluding carboxylic acids is 3. The summed E-state index contributed by atoms with van der Waals surface area (Å²) in [6, 6.07) is 0. The molecule has 0 aromatic heterocycles. The smallest absolute Gasteiger partial charge is 0.462 e. The molecule has 0 heterocycles. The Kier molecular flexibility index (Phi) is 48.9. The van der Waals surface area contributed by atoms with Gasteiger partial charge in [-0.05, 0) is 77.0 Å². The van der Waals surface area contributed by atoms with E-state index in [0.717, 1.165) is 109 Å². The summed E-state index contributed by atoms with van der Waals surface area (Å²) in [7, 11) is -4.75. The molecule has 0 aromatic rings. The Morgan fingerprint density at radius 1 is 0.426 bits per heavy atom. The zero-order chi connectivity index (χ0) is 49.9. The molecule has 68 heavy (non-hydrogen) atoms.